The van der Waals surface area contributed by atoms with Gasteiger partial charge in [0.1, 0.15) is 0 Å². The molecule has 0 radical (unpaired) electrons. The second-order valence-electron chi connectivity index (χ2n) is 2.06. The summed E-state index contributed by atoms with van der Waals surface area (Å²) in [6.07, 6.45) is 7.76. The topological polar surface area (TPSA) is 17.1 Å². The van der Waals surface area contributed by atoms with Gasteiger partial charge in [-0.1, -0.05) is 19.1 Å². The van der Waals surface area contributed by atoms with Gasteiger partial charge in [0.2, 0.25) is 0 Å². The summed E-state index contributed by atoms with van der Waals surface area (Å²) < 4.78 is 10.2. The van der Waals surface area contributed by atoms with Crippen molar-refractivity contribution in [1.29, 1.82) is 0 Å². The van der Waals surface area contributed by atoms with Crippen molar-refractivity contribution in [3.8, 4) is 0 Å². The Labute approximate surface area is 58.2 Å². The summed E-state index contributed by atoms with van der Waals surface area (Å²) in [5.74, 6) is 0.487. The van der Waals surface area contributed by atoms with Crippen molar-refractivity contribution in [3.05, 3.63) is 24.3 Å². The molecule has 2 heteroatoms. The normalized spacial score (nSPS) is 24.6. The molecule has 0 atom stereocenters. The first-order chi connectivity index (χ1) is 4.33. The minimum atomic E-state index is 0.487. The SMILES string of the molecule is CC1C=CC(=S=O)C=C1. The maximum Gasteiger partial charge on any atom is 0.0965 e. The molecule has 0 heterocycles. The lowest BCUT2D eigenvalue weighted by atomic mass is 10.1. The summed E-state index contributed by atoms with van der Waals surface area (Å²) in [6, 6.07) is 0. The first-order valence-electron chi connectivity index (χ1n) is 2.86. The molecule has 0 spiro atoms. The fourth-order valence-electron chi connectivity index (χ4n) is 0.669. The van der Waals surface area contributed by atoms with Crippen molar-refractivity contribution >= 4 is 16.1 Å². The number of allylic oxidation sites excluding steroid dienone is 4. The zero-order valence-corrected chi connectivity index (χ0v) is 6.02. The van der Waals surface area contributed by atoms with Gasteiger partial charge >= 0.3 is 0 Å². The van der Waals surface area contributed by atoms with Crippen LogP contribution in [-0.2, 0) is 11.3 Å². The van der Waals surface area contributed by atoms with Gasteiger partial charge in [0.15, 0.2) is 0 Å². The molecule has 48 valence electrons. The average molecular weight is 140 g/mol. The van der Waals surface area contributed by atoms with E-state index >= 15 is 0 Å². The molecule has 1 nitrogen and oxygen atoms in total. The molecule has 0 saturated heterocycles. The second kappa shape index (κ2) is 2.78. The van der Waals surface area contributed by atoms with Crippen molar-refractivity contribution in [2.24, 2.45) is 5.92 Å². The molecule has 0 bridgehead atoms. The van der Waals surface area contributed by atoms with Crippen LogP contribution < -0.4 is 0 Å². The minimum Gasteiger partial charge on any atom is -0.212 e. The molecule has 0 amide bonds. The number of hydrogen-bond acceptors (Lipinski definition) is 1. The Bertz CT molecular complexity index is 193. The van der Waals surface area contributed by atoms with Gasteiger partial charge in [-0.05, 0) is 18.1 Å². The average Bonchev–Trinajstić information content (AvgIpc) is 1.90. The van der Waals surface area contributed by atoms with Crippen LogP contribution in [0.15, 0.2) is 24.3 Å². The van der Waals surface area contributed by atoms with Gasteiger partial charge in [-0.3, -0.25) is 0 Å². The smallest absolute Gasteiger partial charge is 0.0965 e. The lowest BCUT2D eigenvalue weighted by molar-refractivity contribution is 0.701. The van der Waals surface area contributed by atoms with E-state index < -0.39 is 0 Å². The zero-order valence-electron chi connectivity index (χ0n) is 5.20. The highest BCUT2D eigenvalue weighted by molar-refractivity contribution is 7.67. The molecule has 0 N–H and O–H groups in total. The summed E-state index contributed by atoms with van der Waals surface area (Å²) >= 11 is 0.541. The Hall–Kier alpha value is -0.630. The Kier molecular flexibility index (Phi) is 2.01. The minimum absolute atomic E-state index is 0.487. The largest absolute Gasteiger partial charge is 0.212 e. The van der Waals surface area contributed by atoms with Gasteiger partial charge in [-0.15, -0.1) is 0 Å². The van der Waals surface area contributed by atoms with Crippen LogP contribution in [-0.4, -0.2) is 9.07 Å². The van der Waals surface area contributed by atoms with Crippen LogP contribution in [0.3, 0.4) is 0 Å². The molecule has 0 saturated carbocycles. The van der Waals surface area contributed by atoms with Crippen LogP contribution in [0.1, 0.15) is 6.92 Å². The van der Waals surface area contributed by atoms with E-state index in [4.69, 9.17) is 0 Å². The summed E-state index contributed by atoms with van der Waals surface area (Å²) in [6.45, 7) is 2.08. The lowest BCUT2D eigenvalue weighted by Crippen LogP contribution is -1.96. The molecule has 0 fully saturated rings. The van der Waals surface area contributed by atoms with Gasteiger partial charge in [0.05, 0.1) is 16.1 Å². The Balaban J connectivity index is 2.82. The van der Waals surface area contributed by atoms with E-state index in [1.54, 1.807) is 0 Å². The zero-order chi connectivity index (χ0) is 6.69. The standard InChI is InChI=1S/C7H8OS/c1-6-2-4-7(9-8)5-3-6/h2-6H,1H3. The molecule has 1 aliphatic rings. The predicted octanol–water partition coefficient (Wildman–Crippen LogP) is 1.13. The van der Waals surface area contributed by atoms with Gasteiger partial charge in [0.25, 0.3) is 0 Å². The van der Waals surface area contributed by atoms with Gasteiger partial charge in [-0.25, -0.2) is 4.21 Å². The molecule has 0 unspecified atom stereocenters. The van der Waals surface area contributed by atoms with Crippen LogP contribution in [0.4, 0.5) is 0 Å². The molecule has 1 rings (SSSR count). The first-order valence-corrected chi connectivity index (χ1v) is 3.60. The highest BCUT2D eigenvalue weighted by Crippen LogP contribution is 2.04. The molecule has 9 heavy (non-hydrogen) atoms. The van der Waals surface area contributed by atoms with E-state index in [9.17, 15) is 4.21 Å². The first kappa shape index (κ1) is 6.49. The fraction of sp³-hybridized carbons (Fsp3) is 0.286. The number of hydrogen-bond donors (Lipinski definition) is 0. The Morgan fingerprint density at radius 1 is 1.44 bits per heavy atom. The molecule has 1 aliphatic carbocycles. The highest BCUT2D eigenvalue weighted by atomic mass is 32.1. The quantitative estimate of drug-likeness (QED) is 0.461. The van der Waals surface area contributed by atoms with Gasteiger partial charge in [-0.2, -0.15) is 0 Å². The fourth-order valence-corrected chi connectivity index (χ4v) is 0.937. The Morgan fingerprint density at radius 3 is 2.44 bits per heavy atom. The molecule has 0 aromatic heterocycles. The highest BCUT2D eigenvalue weighted by Gasteiger charge is 1.96. The number of rotatable bonds is 0. The third kappa shape index (κ3) is 1.64. The van der Waals surface area contributed by atoms with Crippen molar-refractivity contribution in [3.63, 3.8) is 0 Å². The maximum absolute atomic E-state index is 10.2. The van der Waals surface area contributed by atoms with Crippen LogP contribution >= 0.6 is 0 Å². The second-order valence-corrected chi connectivity index (χ2v) is 2.70. The molecule has 0 aliphatic heterocycles. The van der Waals surface area contributed by atoms with Crippen molar-refractivity contribution in [1.82, 2.24) is 0 Å². The van der Waals surface area contributed by atoms with Crippen molar-refractivity contribution in [2.75, 3.05) is 0 Å². The van der Waals surface area contributed by atoms with E-state index in [0.29, 0.717) is 17.2 Å². The summed E-state index contributed by atoms with van der Waals surface area (Å²) in [7, 11) is 0. The van der Waals surface area contributed by atoms with Gasteiger partial charge in [0, 0.05) is 0 Å². The molecular weight excluding hydrogens is 132 g/mol. The van der Waals surface area contributed by atoms with Crippen molar-refractivity contribution in [2.45, 2.75) is 6.92 Å². The van der Waals surface area contributed by atoms with Crippen LogP contribution in [0.5, 0.6) is 0 Å². The lowest BCUT2D eigenvalue weighted by Gasteiger charge is -2.01. The predicted molar refractivity (Wildman–Crippen MR) is 40.6 cm³/mol. The van der Waals surface area contributed by atoms with E-state index in [0.717, 1.165) is 4.86 Å². The maximum atomic E-state index is 10.2. The van der Waals surface area contributed by atoms with E-state index in [1.165, 1.54) is 0 Å². The Morgan fingerprint density at radius 2 is 2.00 bits per heavy atom. The summed E-state index contributed by atoms with van der Waals surface area (Å²) in [5.41, 5.74) is 0. The van der Waals surface area contributed by atoms with E-state index in [2.05, 4.69) is 6.92 Å². The van der Waals surface area contributed by atoms with Crippen LogP contribution in [0, 0.1) is 5.92 Å². The van der Waals surface area contributed by atoms with Crippen molar-refractivity contribution < 1.29 is 4.21 Å². The summed E-state index contributed by atoms with van der Waals surface area (Å²) in [5, 5.41) is 0. The molecule has 0 aromatic carbocycles. The van der Waals surface area contributed by atoms with E-state index in [1.807, 2.05) is 24.3 Å². The van der Waals surface area contributed by atoms with E-state index in [-0.39, 0.29) is 0 Å². The monoisotopic (exact) mass is 140 g/mol. The van der Waals surface area contributed by atoms with Gasteiger partial charge < -0.3 is 0 Å². The van der Waals surface area contributed by atoms with Crippen LogP contribution in [0.25, 0.3) is 0 Å². The third-order valence-corrected chi connectivity index (χ3v) is 1.69. The summed E-state index contributed by atoms with van der Waals surface area (Å²) in [4.78, 5) is 0.799. The molecular formula is C7H8OS. The van der Waals surface area contributed by atoms with Crippen LogP contribution in [0.2, 0.25) is 0 Å². The molecule has 0 aromatic rings. The third-order valence-electron chi connectivity index (χ3n) is 1.22.